The van der Waals surface area contributed by atoms with E-state index in [1.54, 1.807) is 24.3 Å². The monoisotopic (exact) mass is 399 g/mol. The highest BCUT2D eigenvalue weighted by atomic mass is 79.9. The van der Waals surface area contributed by atoms with E-state index in [1.807, 2.05) is 0 Å². The first kappa shape index (κ1) is 16.1. The number of benzene rings is 1. The molecular weight excluding hydrogens is 386 g/mol. The molecule has 0 unspecified atom stereocenters. The van der Waals surface area contributed by atoms with Gasteiger partial charge in [-0.2, -0.15) is 0 Å². The van der Waals surface area contributed by atoms with Crippen LogP contribution in [-0.2, 0) is 14.8 Å². The van der Waals surface area contributed by atoms with Crippen molar-refractivity contribution < 1.29 is 13.2 Å². The molecule has 0 aromatic heterocycles. The van der Waals surface area contributed by atoms with E-state index in [0.717, 1.165) is 5.33 Å². The van der Waals surface area contributed by atoms with Crippen molar-refractivity contribution in [2.24, 2.45) is 0 Å². The van der Waals surface area contributed by atoms with Crippen molar-refractivity contribution in [3.63, 3.8) is 0 Å². The van der Waals surface area contributed by atoms with Crippen molar-refractivity contribution >= 4 is 41.9 Å². The molecule has 0 amide bonds. The molecule has 0 heterocycles. The fourth-order valence-corrected chi connectivity index (χ4v) is 3.58. The van der Waals surface area contributed by atoms with Crippen LogP contribution in [0.15, 0.2) is 33.6 Å². The molecule has 0 bridgehead atoms. The van der Waals surface area contributed by atoms with Gasteiger partial charge < -0.3 is 4.74 Å². The van der Waals surface area contributed by atoms with Crippen LogP contribution in [-0.4, -0.2) is 33.5 Å². The molecule has 0 radical (unpaired) electrons. The Labute approximate surface area is 124 Å². The number of hydrogen-bond donors (Lipinski definition) is 1. The summed E-state index contributed by atoms with van der Waals surface area (Å²) < 4.78 is 32.2. The van der Waals surface area contributed by atoms with E-state index in [1.165, 1.54) is 0 Å². The fraction of sp³-hybridized carbons (Fsp3) is 0.455. The molecule has 0 fully saturated rings. The summed E-state index contributed by atoms with van der Waals surface area (Å²) in [5.41, 5.74) is 0. The Bertz CT molecular complexity index is 465. The van der Waals surface area contributed by atoms with E-state index >= 15 is 0 Å². The third-order valence-electron chi connectivity index (χ3n) is 2.11. The Balaban J connectivity index is 2.44. The summed E-state index contributed by atoms with van der Waals surface area (Å²) in [6, 6.07) is 6.73. The third kappa shape index (κ3) is 5.36. The smallest absolute Gasteiger partial charge is 0.241 e. The molecular formula is C11H15Br2NO3S. The standard InChI is InChI=1S/C11H15Br2NO3S/c12-6-9-17-8-3-7-14-18(15,16)11-5-2-1-4-10(11)13/h1-2,4-5,14H,3,6-9H2. The van der Waals surface area contributed by atoms with E-state index in [0.29, 0.717) is 30.7 Å². The molecule has 1 aromatic rings. The molecule has 0 aliphatic carbocycles. The van der Waals surface area contributed by atoms with E-state index in [9.17, 15) is 8.42 Å². The third-order valence-corrected chi connectivity index (χ3v) is 4.90. The molecule has 0 atom stereocenters. The molecule has 1 aromatic carbocycles. The highest BCUT2D eigenvalue weighted by molar-refractivity contribution is 9.10. The first-order valence-electron chi connectivity index (χ1n) is 5.46. The van der Waals surface area contributed by atoms with E-state index < -0.39 is 10.0 Å². The Kier molecular flexibility index (Phi) is 7.40. The van der Waals surface area contributed by atoms with Crippen LogP contribution in [0.5, 0.6) is 0 Å². The number of rotatable bonds is 8. The molecule has 4 nitrogen and oxygen atoms in total. The lowest BCUT2D eigenvalue weighted by molar-refractivity contribution is 0.149. The topological polar surface area (TPSA) is 55.4 Å². The van der Waals surface area contributed by atoms with Gasteiger partial charge in [0, 0.05) is 23.0 Å². The number of halogens is 2. The summed E-state index contributed by atoms with van der Waals surface area (Å²) in [7, 11) is -3.45. The largest absolute Gasteiger partial charge is 0.381 e. The summed E-state index contributed by atoms with van der Waals surface area (Å²) in [5.74, 6) is 0. The number of ether oxygens (including phenoxy) is 1. The van der Waals surface area contributed by atoms with Gasteiger partial charge in [-0.05, 0) is 34.5 Å². The molecule has 0 spiro atoms. The molecule has 102 valence electrons. The fourth-order valence-electron chi connectivity index (χ4n) is 1.28. The van der Waals surface area contributed by atoms with Gasteiger partial charge in [0.05, 0.1) is 11.5 Å². The maximum absolute atomic E-state index is 12.0. The van der Waals surface area contributed by atoms with Crippen LogP contribution in [0.25, 0.3) is 0 Å². The first-order chi connectivity index (χ1) is 8.58. The molecule has 0 aliphatic heterocycles. The van der Waals surface area contributed by atoms with Crippen LogP contribution in [0.4, 0.5) is 0 Å². The maximum Gasteiger partial charge on any atom is 0.241 e. The minimum absolute atomic E-state index is 0.256. The van der Waals surface area contributed by atoms with Gasteiger partial charge in [-0.3, -0.25) is 0 Å². The Morgan fingerprint density at radius 3 is 2.61 bits per heavy atom. The van der Waals surface area contributed by atoms with Gasteiger partial charge in [0.15, 0.2) is 0 Å². The van der Waals surface area contributed by atoms with Crippen molar-refractivity contribution in [2.45, 2.75) is 11.3 Å². The summed E-state index contributed by atoms with van der Waals surface area (Å²) in [6.45, 7) is 1.55. The maximum atomic E-state index is 12.0. The predicted octanol–water partition coefficient (Wildman–Crippen LogP) is 2.53. The second kappa shape index (κ2) is 8.27. The van der Waals surface area contributed by atoms with Gasteiger partial charge in [0.25, 0.3) is 0 Å². The highest BCUT2D eigenvalue weighted by Crippen LogP contribution is 2.20. The SMILES string of the molecule is O=S(=O)(NCCCOCCBr)c1ccccc1Br. The second-order valence-electron chi connectivity index (χ2n) is 3.48. The molecule has 1 rings (SSSR count). The Morgan fingerprint density at radius 2 is 1.94 bits per heavy atom. The minimum atomic E-state index is -3.45. The molecule has 0 saturated carbocycles. The minimum Gasteiger partial charge on any atom is -0.381 e. The van der Waals surface area contributed by atoms with Crippen LogP contribution in [0.2, 0.25) is 0 Å². The zero-order valence-corrected chi connectivity index (χ0v) is 13.7. The zero-order valence-electron chi connectivity index (χ0n) is 9.73. The highest BCUT2D eigenvalue weighted by Gasteiger charge is 2.15. The lowest BCUT2D eigenvalue weighted by Crippen LogP contribution is -2.26. The normalized spacial score (nSPS) is 11.7. The zero-order chi connectivity index (χ0) is 13.4. The number of nitrogens with one attached hydrogen (secondary N) is 1. The Morgan fingerprint density at radius 1 is 1.22 bits per heavy atom. The lowest BCUT2D eigenvalue weighted by atomic mass is 10.4. The first-order valence-corrected chi connectivity index (χ1v) is 8.85. The number of sulfonamides is 1. The van der Waals surface area contributed by atoms with Crippen molar-refractivity contribution in [1.82, 2.24) is 4.72 Å². The number of hydrogen-bond acceptors (Lipinski definition) is 3. The van der Waals surface area contributed by atoms with E-state index in [4.69, 9.17) is 4.74 Å². The van der Waals surface area contributed by atoms with Crippen LogP contribution >= 0.6 is 31.9 Å². The van der Waals surface area contributed by atoms with Gasteiger partial charge in [0.1, 0.15) is 0 Å². The summed E-state index contributed by atoms with van der Waals surface area (Å²) in [4.78, 5) is 0.256. The van der Waals surface area contributed by atoms with E-state index in [-0.39, 0.29) is 4.90 Å². The van der Waals surface area contributed by atoms with Crippen LogP contribution < -0.4 is 4.72 Å². The van der Waals surface area contributed by atoms with Crippen molar-refractivity contribution in [1.29, 1.82) is 0 Å². The van der Waals surface area contributed by atoms with Gasteiger partial charge in [-0.25, -0.2) is 13.1 Å². The predicted molar refractivity (Wildman–Crippen MR) is 78.6 cm³/mol. The van der Waals surface area contributed by atoms with E-state index in [2.05, 4.69) is 36.6 Å². The van der Waals surface area contributed by atoms with Crippen molar-refractivity contribution in [3.05, 3.63) is 28.7 Å². The summed E-state index contributed by atoms with van der Waals surface area (Å²) >= 11 is 6.47. The van der Waals surface area contributed by atoms with Gasteiger partial charge in [-0.1, -0.05) is 28.1 Å². The molecule has 1 N–H and O–H groups in total. The van der Waals surface area contributed by atoms with Gasteiger partial charge in [-0.15, -0.1) is 0 Å². The van der Waals surface area contributed by atoms with Gasteiger partial charge >= 0.3 is 0 Å². The molecule has 0 aliphatic rings. The summed E-state index contributed by atoms with van der Waals surface area (Å²) in [5, 5.41) is 0.787. The average Bonchev–Trinajstić information content (AvgIpc) is 2.34. The molecule has 7 heteroatoms. The summed E-state index contributed by atoms with van der Waals surface area (Å²) in [6.07, 6.45) is 0.649. The second-order valence-corrected chi connectivity index (χ2v) is 6.87. The lowest BCUT2D eigenvalue weighted by Gasteiger charge is -2.08. The van der Waals surface area contributed by atoms with Gasteiger partial charge in [0.2, 0.25) is 10.0 Å². The quantitative estimate of drug-likeness (QED) is 0.538. The molecule has 18 heavy (non-hydrogen) atoms. The Hall–Kier alpha value is 0.0500. The van der Waals surface area contributed by atoms with Crippen LogP contribution in [0.3, 0.4) is 0 Å². The number of alkyl halides is 1. The molecule has 0 saturated heterocycles. The van der Waals surface area contributed by atoms with Crippen LogP contribution in [0.1, 0.15) is 6.42 Å². The van der Waals surface area contributed by atoms with Crippen molar-refractivity contribution in [3.8, 4) is 0 Å². The average molecular weight is 401 g/mol. The van der Waals surface area contributed by atoms with Crippen molar-refractivity contribution in [2.75, 3.05) is 25.1 Å². The van der Waals surface area contributed by atoms with Crippen LogP contribution in [0, 0.1) is 0 Å².